The van der Waals surface area contributed by atoms with E-state index in [2.05, 4.69) is 22.4 Å². The minimum Gasteiger partial charge on any atom is -0.378 e. The van der Waals surface area contributed by atoms with Crippen LogP contribution in [0.4, 0.5) is 11.4 Å². The Kier molecular flexibility index (Phi) is 5.01. The van der Waals surface area contributed by atoms with E-state index in [4.69, 9.17) is 16.3 Å². The standard InChI is InChI=1S/C17H21ClN2O2/c18-14-6-7-16(20-8-10-22-11-9-20)15(12-14)19-17(21)13-4-2-1-3-5-13/h1-2,6-7,12-13H,3-5,8-11H2,(H,19,21). The first-order valence-corrected chi connectivity index (χ1v) is 8.20. The molecule has 1 aliphatic heterocycles. The summed E-state index contributed by atoms with van der Waals surface area (Å²) in [7, 11) is 0. The van der Waals surface area contributed by atoms with Crippen molar-refractivity contribution in [2.45, 2.75) is 19.3 Å². The Morgan fingerprint density at radius 2 is 2.09 bits per heavy atom. The number of amides is 1. The summed E-state index contributed by atoms with van der Waals surface area (Å²) in [6.45, 7) is 3.08. The number of carbonyl (C=O) groups is 1. The smallest absolute Gasteiger partial charge is 0.227 e. The number of hydrogen-bond acceptors (Lipinski definition) is 3. The molecule has 3 rings (SSSR count). The van der Waals surface area contributed by atoms with Crippen LogP contribution in [0.25, 0.3) is 0 Å². The van der Waals surface area contributed by atoms with E-state index in [1.165, 1.54) is 0 Å². The van der Waals surface area contributed by atoms with Crippen molar-refractivity contribution in [1.29, 1.82) is 0 Å². The van der Waals surface area contributed by atoms with Crippen LogP contribution in [-0.4, -0.2) is 32.2 Å². The molecule has 0 aromatic heterocycles. The van der Waals surface area contributed by atoms with Crippen molar-refractivity contribution in [3.63, 3.8) is 0 Å². The predicted molar refractivity (Wildman–Crippen MR) is 89.6 cm³/mol. The summed E-state index contributed by atoms with van der Waals surface area (Å²) in [4.78, 5) is 14.7. The van der Waals surface area contributed by atoms with Crippen molar-refractivity contribution in [3.05, 3.63) is 35.4 Å². The van der Waals surface area contributed by atoms with E-state index in [0.29, 0.717) is 18.2 Å². The Bertz CT molecular complexity index is 568. The average molecular weight is 321 g/mol. The summed E-state index contributed by atoms with van der Waals surface area (Å²) in [5.41, 5.74) is 1.82. The number of allylic oxidation sites excluding steroid dienone is 2. The van der Waals surface area contributed by atoms with Gasteiger partial charge in [0.1, 0.15) is 0 Å². The molecular formula is C17H21ClN2O2. The van der Waals surface area contributed by atoms with Crippen molar-refractivity contribution >= 4 is 28.9 Å². The van der Waals surface area contributed by atoms with Crippen LogP contribution in [0.3, 0.4) is 0 Å². The van der Waals surface area contributed by atoms with E-state index in [1.807, 2.05) is 18.2 Å². The monoisotopic (exact) mass is 320 g/mol. The highest BCUT2D eigenvalue weighted by Gasteiger charge is 2.21. The molecule has 1 unspecified atom stereocenters. The fraction of sp³-hybridized carbons (Fsp3) is 0.471. The molecule has 1 heterocycles. The zero-order chi connectivity index (χ0) is 15.4. The van der Waals surface area contributed by atoms with Crippen molar-refractivity contribution < 1.29 is 9.53 Å². The van der Waals surface area contributed by atoms with Crippen LogP contribution in [0, 0.1) is 5.92 Å². The Hall–Kier alpha value is -1.52. The lowest BCUT2D eigenvalue weighted by Gasteiger charge is -2.31. The molecule has 1 aromatic rings. The number of morpholine rings is 1. The summed E-state index contributed by atoms with van der Waals surface area (Å²) in [6, 6.07) is 5.68. The van der Waals surface area contributed by atoms with Gasteiger partial charge >= 0.3 is 0 Å². The summed E-state index contributed by atoms with van der Waals surface area (Å²) in [6.07, 6.45) is 6.94. The van der Waals surface area contributed by atoms with Gasteiger partial charge in [0.2, 0.25) is 5.91 Å². The lowest BCUT2D eigenvalue weighted by atomic mass is 9.93. The predicted octanol–water partition coefficient (Wildman–Crippen LogP) is 3.47. The van der Waals surface area contributed by atoms with Crippen molar-refractivity contribution in [2.75, 3.05) is 36.5 Å². The average Bonchev–Trinajstić information content (AvgIpc) is 2.56. The summed E-state index contributed by atoms with van der Waals surface area (Å²) in [5.74, 6) is 0.141. The molecule has 0 radical (unpaired) electrons. The van der Waals surface area contributed by atoms with Crippen LogP contribution in [0.5, 0.6) is 0 Å². The van der Waals surface area contributed by atoms with Gasteiger partial charge in [0.25, 0.3) is 0 Å². The maximum atomic E-state index is 12.5. The Morgan fingerprint density at radius 1 is 1.27 bits per heavy atom. The number of benzene rings is 1. The van der Waals surface area contributed by atoms with Gasteiger partial charge in [-0.15, -0.1) is 0 Å². The molecular weight excluding hydrogens is 300 g/mol. The van der Waals surface area contributed by atoms with Crippen LogP contribution in [-0.2, 0) is 9.53 Å². The number of halogens is 1. The maximum Gasteiger partial charge on any atom is 0.227 e. The third-order valence-corrected chi connectivity index (χ3v) is 4.44. The third-order valence-electron chi connectivity index (χ3n) is 4.21. The number of anilines is 2. The molecule has 5 heteroatoms. The number of nitrogens with zero attached hydrogens (tertiary/aromatic N) is 1. The molecule has 0 saturated carbocycles. The fourth-order valence-corrected chi connectivity index (χ4v) is 3.13. The van der Waals surface area contributed by atoms with Crippen LogP contribution >= 0.6 is 11.6 Å². The largest absolute Gasteiger partial charge is 0.378 e. The van der Waals surface area contributed by atoms with Gasteiger partial charge in [-0.1, -0.05) is 23.8 Å². The molecule has 4 nitrogen and oxygen atoms in total. The molecule has 1 atom stereocenters. The van der Waals surface area contributed by atoms with Crippen molar-refractivity contribution in [1.82, 2.24) is 0 Å². The fourth-order valence-electron chi connectivity index (χ4n) is 2.95. The molecule has 118 valence electrons. The number of carbonyl (C=O) groups excluding carboxylic acids is 1. The molecule has 0 bridgehead atoms. The van der Waals surface area contributed by atoms with Crippen LogP contribution in [0.2, 0.25) is 5.02 Å². The maximum absolute atomic E-state index is 12.5. The van der Waals surface area contributed by atoms with E-state index in [9.17, 15) is 4.79 Å². The normalized spacial score (nSPS) is 21.7. The molecule has 1 aliphatic carbocycles. The zero-order valence-electron chi connectivity index (χ0n) is 12.6. The zero-order valence-corrected chi connectivity index (χ0v) is 13.3. The molecule has 2 aliphatic rings. The Morgan fingerprint density at radius 3 is 2.82 bits per heavy atom. The minimum absolute atomic E-state index is 0.0570. The molecule has 22 heavy (non-hydrogen) atoms. The van der Waals surface area contributed by atoms with E-state index in [-0.39, 0.29) is 11.8 Å². The van der Waals surface area contributed by atoms with Crippen molar-refractivity contribution in [2.24, 2.45) is 5.92 Å². The highest BCUT2D eigenvalue weighted by Crippen LogP contribution is 2.31. The quantitative estimate of drug-likeness (QED) is 0.867. The van der Waals surface area contributed by atoms with E-state index < -0.39 is 0 Å². The lowest BCUT2D eigenvalue weighted by molar-refractivity contribution is -0.120. The molecule has 1 fully saturated rings. The lowest BCUT2D eigenvalue weighted by Crippen LogP contribution is -2.37. The number of rotatable bonds is 3. The molecule has 1 aromatic carbocycles. The summed E-state index contributed by atoms with van der Waals surface area (Å²) >= 11 is 6.12. The summed E-state index contributed by atoms with van der Waals surface area (Å²) in [5, 5.41) is 3.71. The Balaban J connectivity index is 1.77. The SMILES string of the molecule is O=C(Nc1cc(Cl)ccc1N1CCOCC1)C1CC=CCC1. The molecule has 0 spiro atoms. The van der Waals surface area contributed by atoms with Crippen LogP contribution in [0.15, 0.2) is 30.4 Å². The van der Waals surface area contributed by atoms with Gasteiger partial charge in [-0.25, -0.2) is 0 Å². The van der Waals surface area contributed by atoms with Gasteiger partial charge in [0.15, 0.2) is 0 Å². The number of ether oxygens (including phenoxy) is 1. The molecule has 1 N–H and O–H groups in total. The molecule has 1 amide bonds. The van der Waals surface area contributed by atoms with E-state index >= 15 is 0 Å². The van der Waals surface area contributed by atoms with Crippen LogP contribution in [0.1, 0.15) is 19.3 Å². The van der Waals surface area contributed by atoms with Gasteiger partial charge in [-0.2, -0.15) is 0 Å². The minimum atomic E-state index is 0.0570. The van der Waals surface area contributed by atoms with Crippen molar-refractivity contribution in [3.8, 4) is 0 Å². The van der Waals surface area contributed by atoms with E-state index in [0.717, 1.165) is 43.7 Å². The van der Waals surface area contributed by atoms with Gasteiger partial charge in [0.05, 0.1) is 24.6 Å². The topological polar surface area (TPSA) is 41.6 Å². The summed E-state index contributed by atoms with van der Waals surface area (Å²) < 4.78 is 5.40. The molecule has 1 saturated heterocycles. The first-order chi connectivity index (χ1) is 10.7. The van der Waals surface area contributed by atoms with Gasteiger partial charge in [-0.3, -0.25) is 4.79 Å². The second-order valence-electron chi connectivity index (χ2n) is 5.73. The number of nitrogens with one attached hydrogen (secondary N) is 1. The van der Waals surface area contributed by atoms with Gasteiger partial charge < -0.3 is 15.0 Å². The van der Waals surface area contributed by atoms with Gasteiger partial charge in [-0.05, 0) is 37.5 Å². The second-order valence-corrected chi connectivity index (χ2v) is 6.17. The first kappa shape index (κ1) is 15.4. The highest BCUT2D eigenvalue weighted by atomic mass is 35.5. The van der Waals surface area contributed by atoms with E-state index in [1.54, 1.807) is 0 Å². The first-order valence-electron chi connectivity index (χ1n) is 7.82. The Labute approximate surface area is 136 Å². The second kappa shape index (κ2) is 7.16. The number of hydrogen-bond donors (Lipinski definition) is 1. The highest BCUT2D eigenvalue weighted by molar-refractivity contribution is 6.31. The van der Waals surface area contributed by atoms with Crippen LogP contribution < -0.4 is 10.2 Å². The van der Waals surface area contributed by atoms with Gasteiger partial charge in [0, 0.05) is 24.0 Å². The third kappa shape index (κ3) is 3.62.